The molecule has 6 heteroatoms. The highest BCUT2D eigenvalue weighted by molar-refractivity contribution is 5.94. The van der Waals surface area contributed by atoms with Crippen molar-refractivity contribution in [2.24, 2.45) is 0 Å². The van der Waals surface area contributed by atoms with Crippen molar-refractivity contribution in [1.29, 1.82) is 0 Å². The molecule has 1 aliphatic carbocycles. The van der Waals surface area contributed by atoms with Crippen LogP contribution in [0.4, 0.5) is 0 Å². The van der Waals surface area contributed by atoms with E-state index in [1.54, 1.807) is 24.3 Å². The fraction of sp³-hybridized carbons (Fsp3) is 0.348. The van der Waals surface area contributed by atoms with Crippen molar-refractivity contribution in [2.75, 3.05) is 13.2 Å². The van der Waals surface area contributed by atoms with E-state index in [1.807, 2.05) is 18.2 Å². The van der Waals surface area contributed by atoms with Gasteiger partial charge in [-0.25, -0.2) is 0 Å². The first-order valence-electron chi connectivity index (χ1n) is 9.79. The molecule has 2 aromatic carbocycles. The van der Waals surface area contributed by atoms with Crippen LogP contribution in [-0.4, -0.2) is 30.9 Å². The molecule has 0 fully saturated rings. The van der Waals surface area contributed by atoms with Crippen LogP contribution in [0.2, 0.25) is 0 Å². The van der Waals surface area contributed by atoms with Crippen LogP contribution in [0.3, 0.4) is 0 Å². The third-order valence-corrected chi connectivity index (χ3v) is 4.90. The first kappa shape index (κ1) is 20.6. The van der Waals surface area contributed by atoms with Crippen molar-refractivity contribution in [3.05, 3.63) is 65.2 Å². The summed E-state index contributed by atoms with van der Waals surface area (Å²) in [5.74, 6) is -0.253. The molecule has 1 atom stereocenters. The van der Waals surface area contributed by atoms with Crippen LogP contribution >= 0.6 is 0 Å². The zero-order chi connectivity index (χ0) is 20.6. The molecule has 0 bridgehead atoms. The lowest BCUT2D eigenvalue weighted by atomic mass is 9.88. The van der Waals surface area contributed by atoms with Gasteiger partial charge in [0.2, 0.25) is 0 Å². The molecular weight excluding hydrogens is 370 g/mol. The van der Waals surface area contributed by atoms with Crippen molar-refractivity contribution in [3.63, 3.8) is 0 Å². The number of amides is 1. The monoisotopic (exact) mass is 395 g/mol. The number of hydrogen-bond acceptors (Lipinski definition) is 5. The molecule has 0 aliphatic heterocycles. The average molecular weight is 395 g/mol. The molecule has 2 aromatic rings. The lowest BCUT2D eigenvalue weighted by molar-refractivity contribution is -0.149. The Balaban J connectivity index is 1.37. The number of benzene rings is 2. The molecule has 0 heterocycles. The summed E-state index contributed by atoms with van der Waals surface area (Å²) in [6.45, 7) is 1.33. The van der Waals surface area contributed by atoms with E-state index >= 15 is 0 Å². The normalized spacial score (nSPS) is 15.1. The number of carbonyl (C=O) groups is 3. The minimum absolute atomic E-state index is 0.0184. The van der Waals surface area contributed by atoms with Crippen LogP contribution in [0.25, 0.3) is 0 Å². The van der Waals surface area contributed by atoms with Gasteiger partial charge in [0.1, 0.15) is 5.75 Å². The van der Waals surface area contributed by atoms with Gasteiger partial charge in [-0.05, 0) is 61.6 Å². The quantitative estimate of drug-likeness (QED) is 0.547. The van der Waals surface area contributed by atoms with Crippen LogP contribution in [0.15, 0.2) is 48.5 Å². The van der Waals surface area contributed by atoms with Crippen LogP contribution in [0, 0.1) is 0 Å². The number of fused-ring (bicyclic) bond motifs is 1. The molecule has 0 aromatic heterocycles. The number of ether oxygens (including phenoxy) is 2. The predicted molar refractivity (Wildman–Crippen MR) is 108 cm³/mol. The molecule has 1 amide bonds. The van der Waals surface area contributed by atoms with Crippen LogP contribution in [0.1, 0.15) is 53.7 Å². The zero-order valence-corrected chi connectivity index (χ0v) is 16.5. The van der Waals surface area contributed by atoms with E-state index < -0.39 is 5.97 Å². The van der Waals surface area contributed by atoms with Gasteiger partial charge in [0.15, 0.2) is 12.4 Å². The maximum atomic E-state index is 12.2. The van der Waals surface area contributed by atoms with E-state index in [2.05, 4.69) is 11.4 Å². The number of carbonyl (C=O) groups excluding carboxylic acids is 3. The lowest BCUT2D eigenvalue weighted by Gasteiger charge is -2.26. The Kier molecular flexibility index (Phi) is 7.00. The standard InChI is InChI=1S/C23H25NO5/c1-16(25)17-9-11-19(12-10-17)28-14-13-23(27)29-15-22(26)24-21-8-4-6-18-5-2-3-7-20(18)21/h2-3,5,7,9-12,21H,4,6,8,13-15H2,1H3,(H,24,26). The second-order valence-corrected chi connectivity index (χ2v) is 7.05. The molecule has 0 saturated heterocycles. The van der Waals surface area contributed by atoms with Crippen LogP contribution in [-0.2, 0) is 20.7 Å². The minimum atomic E-state index is -0.496. The summed E-state index contributed by atoms with van der Waals surface area (Å²) in [4.78, 5) is 35.2. The van der Waals surface area contributed by atoms with Crippen molar-refractivity contribution in [3.8, 4) is 5.75 Å². The third kappa shape index (κ3) is 5.91. The van der Waals surface area contributed by atoms with E-state index in [0.29, 0.717) is 11.3 Å². The zero-order valence-electron chi connectivity index (χ0n) is 16.5. The highest BCUT2D eigenvalue weighted by atomic mass is 16.5. The first-order chi connectivity index (χ1) is 14.0. The lowest BCUT2D eigenvalue weighted by Crippen LogP contribution is -2.34. The van der Waals surface area contributed by atoms with E-state index in [4.69, 9.17) is 9.47 Å². The van der Waals surface area contributed by atoms with Gasteiger partial charge < -0.3 is 14.8 Å². The van der Waals surface area contributed by atoms with Crippen molar-refractivity contribution < 1.29 is 23.9 Å². The number of aryl methyl sites for hydroxylation is 1. The van der Waals surface area contributed by atoms with Gasteiger partial charge in [-0.2, -0.15) is 0 Å². The molecule has 29 heavy (non-hydrogen) atoms. The predicted octanol–water partition coefficient (Wildman–Crippen LogP) is 3.40. The first-order valence-corrected chi connectivity index (χ1v) is 9.79. The number of rotatable bonds is 8. The largest absolute Gasteiger partial charge is 0.493 e. The molecule has 3 rings (SSSR count). The van der Waals surface area contributed by atoms with Gasteiger partial charge in [0, 0.05) is 5.56 Å². The van der Waals surface area contributed by atoms with E-state index in [0.717, 1.165) is 24.8 Å². The van der Waals surface area contributed by atoms with Crippen LogP contribution in [0.5, 0.6) is 5.75 Å². The van der Waals surface area contributed by atoms with Crippen molar-refractivity contribution in [2.45, 2.75) is 38.6 Å². The minimum Gasteiger partial charge on any atom is -0.493 e. The molecular formula is C23H25NO5. The molecule has 0 radical (unpaired) electrons. The van der Waals surface area contributed by atoms with Gasteiger partial charge in [-0.15, -0.1) is 0 Å². The van der Waals surface area contributed by atoms with Gasteiger partial charge >= 0.3 is 5.97 Å². The van der Waals surface area contributed by atoms with Gasteiger partial charge in [-0.3, -0.25) is 14.4 Å². The maximum absolute atomic E-state index is 12.2. The highest BCUT2D eigenvalue weighted by Gasteiger charge is 2.21. The average Bonchev–Trinajstić information content (AvgIpc) is 2.73. The Hall–Kier alpha value is -3.15. The Labute approximate surface area is 170 Å². The summed E-state index contributed by atoms with van der Waals surface area (Å²) in [6.07, 6.45) is 2.96. The molecule has 1 N–H and O–H groups in total. The molecule has 0 saturated carbocycles. The van der Waals surface area contributed by atoms with E-state index in [9.17, 15) is 14.4 Å². The van der Waals surface area contributed by atoms with Gasteiger partial charge in [0.05, 0.1) is 19.1 Å². The Morgan fingerprint density at radius 3 is 2.59 bits per heavy atom. The number of esters is 1. The molecule has 0 spiro atoms. The second kappa shape index (κ2) is 9.87. The Morgan fingerprint density at radius 2 is 1.83 bits per heavy atom. The molecule has 1 aliphatic rings. The van der Waals surface area contributed by atoms with Crippen LogP contribution < -0.4 is 10.1 Å². The topological polar surface area (TPSA) is 81.7 Å². The smallest absolute Gasteiger partial charge is 0.309 e. The Bertz CT molecular complexity index is 875. The van der Waals surface area contributed by atoms with Gasteiger partial charge in [-0.1, -0.05) is 24.3 Å². The molecule has 1 unspecified atom stereocenters. The van der Waals surface area contributed by atoms with Crippen molar-refractivity contribution in [1.82, 2.24) is 5.32 Å². The summed E-state index contributed by atoms with van der Waals surface area (Å²) in [7, 11) is 0. The molecule has 6 nitrogen and oxygen atoms in total. The number of nitrogens with one attached hydrogen (secondary N) is 1. The fourth-order valence-corrected chi connectivity index (χ4v) is 3.40. The molecule has 152 valence electrons. The fourth-order valence-electron chi connectivity index (χ4n) is 3.40. The van der Waals surface area contributed by atoms with Gasteiger partial charge in [0.25, 0.3) is 5.91 Å². The van der Waals surface area contributed by atoms with E-state index in [-0.39, 0.29) is 37.4 Å². The highest BCUT2D eigenvalue weighted by Crippen LogP contribution is 2.29. The third-order valence-electron chi connectivity index (χ3n) is 4.90. The second-order valence-electron chi connectivity index (χ2n) is 7.05. The number of hydrogen-bond donors (Lipinski definition) is 1. The summed E-state index contributed by atoms with van der Waals surface area (Å²) in [5, 5.41) is 2.95. The number of ketones is 1. The Morgan fingerprint density at radius 1 is 1.07 bits per heavy atom. The SMILES string of the molecule is CC(=O)c1ccc(OCCC(=O)OCC(=O)NC2CCCc3ccccc32)cc1. The van der Waals surface area contributed by atoms with E-state index in [1.165, 1.54) is 12.5 Å². The number of Topliss-reactive ketones (excluding diaryl/α,β-unsaturated/α-hetero) is 1. The van der Waals surface area contributed by atoms with Crippen molar-refractivity contribution >= 4 is 17.7 Å². The maximum Gasteiger partial charge on any atom is 0.309 e. The summed E-state index contributed by atoms with van der Waals surface area (Å²) < 4.78 is 10.5. The summed E-state index contributed by atoms with van der Waals surface area (Å²) >= 11 is 0. The summed E-state index contributed by atoms with van der Waals surface area (Å²) in [5.41, 5.74) is 3.00. The summed E-state index contributed by atoms with van der Waals surface area (Å²) in [6, 6.07) is 14.8.